The lowest BCUT2D eigenvalue weighted by molar-refractivity contribution is 0.102. The second-order valence-electron chi connectivity index (χ2n) is 6.80. The molecule has 1 N–H and O–H groups in total. The molecule has 0 radical (unpaired) electrons. The number of aryl methyl sites for hydroxylation is 1. The van der Waals surface area contributed by atoms with Crippen LogP contribution in [0, 0.1) is 6.92 Å². The summed E-state index contributed by atoms with van der Waals surface area (Å²) in [7, 11) is -1.70. The van der Waals surface area contributed by atoms with Crippen molar-refractivity contribution in [1.29, 1.82) is 0 Å². The number of nitrogens with one attached hydrogen (secondary N) is 1. The summed E-state index contributed by atoms with van der Waals surface area (Å²) < 4.78 is 27.4. The van der Waals surface area contributed by atoms with Gasteiger partial charge in [-0.15, -0.1) is 0 Å². The predicted octanol–water partition coefficient (Wildman–Crippen LogP) is 3.49. The van der Waals surface area contributed by atoms with Crippen molar-refractivity contribution in [1.82, 2.24) is 9.21 Å². The number of amides is 1. The smallest absolute Gasteiger partial charge is 0.255 e. The van der Waals surface area contributed by atoms with E-state index in [1.54, 1.807) is 31.2 Å². The van der Waals surface area contributed by atoms with Crippen LogP contribution in [-0.4, -0.2) is 56.8 Å². The number of halogens is 2. The van der Waals surface area contributed by atoms with Gasteiger partial charge in [-0.25, -0.2) is 8.42 Å². The normalized spacial score (nSPS) is 16.1. The third kappa shape index (κ3) is 4.67. The average molecular weight is 442 g/mol. The van der Waals surface area contributed by atoms with Gasteiger partial charge < -0.3 is 10.2 Å². The van der Waals surface area contributed by atoms with E-state index in [0.29, 0.717) is 47.5 Å². The molecule has 1 aliphatic heterocycles. The summed E-state index contributed by atoms with van der Waals surface area (Å²) in [5, 5.41) is 3.51. The number of likely N-dealkylation sites (N-methyl/N-ethyl adjacent to an activating group) is 1. The molecule has 1 aliphatic rings. The van der Waals surface area contributed by atoms with Crippen LogP contribution < -0.4 is 5.32 Å². The summed E-state index contributed by atoms with van der Waals surface area (Å²) in [5.41, 5.74) is 1.39. The largest absolute Gasteiger partial charge is 0.322 e. The minimum absolute atomic E-state index is 0.108. The number of carbonyl (C=O) groups excluding carboxylic acids is 1. The Morgan fingerprint density at radius 1 is 1.00 bits per heavy atom. The van der Waals surface area contributed by atoms with Gasteiger partial charge in [0.05, 0.1) is 4.90 Å². The van der Waals surface area contributed by atoms with Crippen molar-refractivity contribution in [3.63, 3.8) is 0 Å². The van der Waals surface area contributed by atoms with Crippen molar-refractivity contribution >= 4 is 44.8 Å². The standard InChI is InChI=1S/C19H21Cl2N3O3S/c1-13-3-4-17(28(26,27)24-7-5-23(2)6-8-24)12-18(13)19(25)22-16-10-14(20)9-15(21)11-16/h3-4,9-12H,5-8H2,1-2H3,(H,22,25). The Labute approximate surface area is 175 Å². The van der Waals surface area contributed by atoms with Crippen LogP contribution in [0.2, 0.25) is 10.0 Å². The first kappa shape index (κ1) is 21.1. The molecule has 1 heterocycles. The molecular weight excluding hydrogens is 421 g/mol. The molecule has 2 aromatic carbocycles. The van der Waals surface area contributed by atoms with Crippen LogP contribution in [0.3, 0.4) is 0 Å². The summed E-state index contributed by atoms with van der Waals surface area (Å²) in [6.45, 7) is 3.96. The number of nitrogens with zero attached hydrogens (tertiary/aromatic N) is 2. The maximum Gasteiger partial charge on any atom is 0.255 e. The molecule has 0 saturated carbocycles. The molecule has 9 heteroatoms. The van der Waals surface area contributed by atoms with Gasteiger partial charge in [-0.2, -0.15) is 4.31 Å². The van der Waals surface area contributed by atoms with Crippen molar-refractivity contribution in [2.45, 2.75) is 11.8 Å². The number of sulfonamides is 1. The van der Waals surface area contributed by atoms with Gasteiger partial charge in [0.2, 0.25) is 10.0 Å². The van der Waals surface area contributed by atoms with Crippen molar-refractivity contribution < 1.29 is 13.2 Å². The minimum atomic E-state index is -3.66. The molecule has 2 aromatic rings. The molecule has 0 aliphatic carbocycles. The Balaban J connectivity index is 1.87. The summed E-state index contributed by atoms with van der Waals surface area (Å²) in [6, 6.07) is 9.31. The van der Waals surface area contributed by atoms with E-state index in [1.807, 2.05) is 7.05 Å². The van der Waals surface area contributed by atoms with Gasteiger partial charge in [0.25, 0.3) is 5.91 Å². The van der Waals surface area contributed by atoms with Gasteiger partial charge in [-0.3, -0.25) is 4.79 Å². The average Bonchev–Trinajstić information content (AvgIpc) is 2.61. The van der Waals surface area contributed by atoms with E-state index in [4.69, 9.17) is 23.2 Å². The molecule has 28 heavy (non-hydrogen) atoms. The number of hydrogen-bond donors (Lipinski definition) is 1. The van der Waals surface area contributed by atoms with E-state index >= 15 is 0 Å². The van der Waals surface area contributed by atoms with E-state index in [0.717, 1.165) is 0 Å². The van der Waals surface area contributed by atoms with E-state index in [1.165, 1.54) is 16.4 Å². The Morgan fingerprint density at radius 2 is 1.61 bits per heavy atom. The molecule has 1 saturated heterocycles. The maximum absolute atomic E-state index is 13.0. The maximum atomic E-state index is 13.0. The highest BCUT2D eigenvalue weighted by Crippen LogP contribution is 2.25. The van der Waals surface area contributed by atoms with Gasteiger partial charge >= 0.3 is 0 Å². The van der Waals surface area contributed by atoms with Crippen molar-refractivity contribution in [3.8, 4) is 0 Å². The fourth-order valence-electron chi connectivity index (χ4n) is 3.01. The van der Waals surface area contributed by atoms with Gasteiger partial charge in [0.15, 0.2) is 0 Å². The fraction of sp³-hybridized carbons (Fsp3) is 0.316. The molecular formula is C19H21Cl2N3O3S. The Kier molecular flexibility index (Phi) is 6.31. The van der Waals surface area contributed by atoms with Crippen molar-refractivity contribution in [2.75, 3.05) is 38.5 Å². The van der Waals surface area contributed by atoms with Crippen LogP contribution in [0.4, 0.5) is 5.69 Å². The highest BCUT2D eigenvalue weighted by atomic mass is 35.5. The Bertz CT molecular complexity index is 983. The topological polar surface area (TPSA) is 69.7 Å². The first-order chi connectivity index (χ1) is 13.2. The number of carbonyl (C=O) groups is 1. The quantitative estimate of drug-likeness (QED) is 0.787. The van der Waals surface area contributed by atoms with E-state index in [2.05, 4.69) is 10.2 Å². The third-order valence-corrected chi connectivity index (χ3v) is 7.01. The van der Waals surface area contributed by atoms with E-state index in [-0.39, 0.29) is 10.5 Å². The first-order valence-electron chi connectivity index (χ1n) is 8.73. The van der Waals surface area contributed by atoms with Crippen LogP contribution in [0.25, 0.3) is 0 Å². The molecule has 0 bridgehead atoms. The van der Waals surface area contributed by atoms with Gasteiger partial charge in [-0.05, 0) is 49.9 Å². The monoisotopic (exact) mass is 441 g/mol. The molecule has 0 atom stereocenters. The number of hydrogen-bond acceptors (Lipinski definition) is 4. The Morgan fingerprint density at radius 3 is 2.21 bits per heavy atom. The first-order valence-corrected chi connectivity index (χ1v) is 10.9. The van der Waals surface area contributed by atoms with Gasteiger partial charge in [-0.1, -0.05) is 29.3 Å². The zero-order valence-electron chi connectivity index (χ0n) is 15.6. The zero-order chi connectivity index (χ0) is 20.5. The molecule has 1 fully saturated rings. The molecule has 0 aromatic heterocycles. The molecule has 0 unspecified atom stereocenters. The number of anilines is 1. The van der Waals surface area contributed by atoms with Crippen LogP contribution >= 0.6 is 23.2 Å². The van der Waals surface area contributed by atoms with Gasteiger partial charge in [0.1, 0.15) is 0 Å². The van der Waals surface area contributed by atoms with Gasteiger partial charge in [0, 0.05) is 47.5 Å². The number of rotatable bonds is 4. The second kappa shape index (κ2) is 8.39. The molecule has 0 spiro atoms. The Hall–Kier alpha value is -1.64. The number of benzene rings is 2. The summed E-state index contributed by atoms with van der Waals surface area (Å²) >= 11 is 11.9. The van der Waals surface area contributed by atoms with Crippen LogP contribution in [0.1, 0.15) is 15.9 Å². The lowest BCUT2D eigenvalue weighted by Crippen LogP contribution is -2.47. The molecule has 6 nitrogen and oxygen atoms in total. The van der Waals surface area contributed by atoms with E-state index < -0.39 is 15.9 Å². The summed E-state index contributed by atoms with van der Waals surface area (Å²) in [6.07, 6.45) is 0. The zero-order valence-corrected chi connectivity index (χ0v) is 17.9. The fourth-order valence-corrected chi connectivity index (χ4v) is 4.98. The van der Waals surface area contributed by atoms with Crippen LogP contribution in [0.15, 0.2) is 41.3 Å². The van der Waals surface area contributed by atoms with Crippen LogP contribution in [0.5, 0.6) is 0 Å². The van der Waals surface area contributed by atoms with Crippen LogP contribution in [-0.2, 0) is 10.0 Å². The highest BCUT2D eigenvalue weighted by molar-refractivity contribution is 7.89. The van der Waals surface area contributed by atoms with Crippen molar-refractivity contribution in [3.05, 3.63) is 57.6 Å². The number of piperazine rings is 1. The minimum Gasteiger partial charge on any atom is -0.322 e. The lowest BCUT2D eigenvalue weighted by atomic mass is 10.1. The molecule has 150 valence electrons. The summed E-state index contributed by atoms with van der Waals surface area (Å²) in [4.78, 5) is 14.9. The molecule has 1 amide bonds. The summed E-state index contributed by atoms with van der Waals surface area (Å²) in [5.74, 6) is -0.425. The highest BCUT2D eigenvalue weighted by Gasteiger charge is 2.28. The lowest BCUT2D eigenvalue weighted by Gasteiger charge is -2.31. The van der Waals surface area contributed by atoms with Crippen molar-refractivity contribution in [2.24, 2.45) is 0 Å². The third-order valence-electron chi connectivity index (χ3n) is 4.67. The second-order valence-corrected chi connectivity index (χ2v) is 9.61. The SMILES string of the molecule is Cc1ccc(S(=O)(=O)N2CCN(C)CC2)cc1C(=O)Nc1cc(Cl)cc(Cl)c1. The predicted molar refractivity (Wildman–Crippen MR) is 112 cm³/mol. The van der Waals surface area contributed by atoms with E-state index in [9.17, 15) is 13.2 Å². The molecule has 3 rings (SSSR count).